The molecule has 1 aliphatic heterocycles. The Hall–Kier alpha value is -1.33. The fourth-order valence-corrected chi connectivity index (χ4v) is 1.66. The molecular weight excluding hydrogens is 160 g/mol. The second-order valence-electron chi connectivity index (χ2n) is 3.54. The molecule has 1 aromatic carbocycles. The number of hydrogen-bond donors (Lipinski definition) is 1. The monoisotopic (exact) mass is 172 g/mol. The van der Waals surface area contributed by atoms with Gasteiger partial charge in [-0.1, -0.05) is 6.07 Å². The maximum Gasteiger partial charge on any atom is 0.0991 e. The number of nitrogens with one attached hydrogen (secondary N) is 1. The zero-order valence-corrected chi connectivity index (χ0v) is 7.67. The van der Waals surface area contributed by atoms with E-state index in [0.717, 1.165) is 18.7 Å². The molecule has 1 heterocycles. The quantitative estimate of drug-likeness (QED) is 0.697. The van der Waals surface area contributed by atoms with Crippen LogP contribution in [-0.4, -0.2) is 13.1 Å². The van der Waals surface area contributed by atoms with Gasteiger partial charge in [-0.2, -0.15) is 5.26 Å². The van der Waals surface area contributed by atoms with E-state index in [-0.39, 0.29) is 0 Å². The smallest absolute Gasteiger partial charge is 0.0991 e. The van der Waals surface area contributed by atoms with Gasteiger partial charge in [0.15, 0.2) is 0 Å². The number of nitrogens with zero attached hydrogens (tertiary/aromatic N) is 1. The van der Waals surface area contributed by atoms with Gasteiger partial charge < -0.3 is 5.32 Å². The lowest BCUT2D eigenvalue weighted by molar-refractivity contribution is 0.447. The second-order valence-corrected chi connectivity index (χ2v) is 3.54. The minimum absolute atomic E-state index is 0.619. The van der Waals surface area contributed by atoms with E-state index in [4.69, 9.17) is 5.26 Å². The van der Waals surface area contributed by atoms with Crippen LogP contribution in [0.4, 0.5) is 0 Å². The summed E-state index contributed by atoms with van der Waals surface area (Å²) in [6, 6.07) is 8.11. The SMILES string of the molecule is Cc1ccc(C#N)cc1C1CNC1. The molecule has 2 nitrogen and oxygen atoms in total. The number of rotatable bonds is 1. The van der Waals surface area contributed by atoms with Gasteiger partial charge in [-0.15, -0.1) is 0 Å². The van der Waals surface area contributed by atoms with Crippen molar-refractivity contribution in [2.45, 2.75) is 12.8 Å². The molecule has 1 saturated heterocycles. The molecule has 66 valence electrons. The molecule has 0 aliphatic carbocycles. The third-order valence-corrected chi connectivity index (χ3v) is 2.63. The Kier molecular flexibility index (Phi) is 2.03. The molecule has 0 spiro atoms. The molecule has 2 rings (SSSR count). The predicted octanol–water partition coefficient (Wildman–Crippen LogP) is 1.55. The number of hydrogen-bond acceptors (Lipinski definition) is 2. The van der Waals surface area contributed by atoms with Crippen molar-refractivity contribution in [3.05, 3.63) is 34.9 Å². The van der Waals surface area contributed by atoms with Gasteiger partial charge in [-0.25, -0.2) is 0 Å². The van der Waals surface area contributed by atoms with E-state index in [2.05, 4.69) is 18.3 Å². The van der Waals surface area contributed by atoms with Crippen LogP contribution in [0.1, 0.15) is 22.6 Å². The minimum Gasteiger partial charge on any atom is -0.315 e. The summed E-state index contributed by atoms with van der Waals surface area (Å²) in [5.74, 6) is 0.619. The van der Waals surface area contributed by atoms with E-state index >= 15 is 0 Å². The van der Waals surface area contributed by atoms with Gasteiger partial charge in [0.05, 0.1) is 11.6 Å². The first-order valence-corrected chi connectivity index (χ1v) is 4.52. The maximum absolute atomic E-state index is 8.76. The highest BCUT2D eigenvalue weighted by atomic mass is 14.9. The fraction of sp³-hybridized carbons (Fsp3) is 0.364. The average Bonchev–Trinajstić information content (AvgIpc) is 2.06. The Labute approximate surface area is 78.2 Å². The molecule has 0 amide bonds. The minimum atomic E-state index is 0.619. The predicted molar refractivity (Wildman–Crippen MR) is 51.5 cm³/mol. The Bertz CT molecular complexity index is 359. The van der Waals surface area contributed by atoms with Crippen LogP contribution in [0.15, 0.2) is 18.2 Å². The second kappa shape index (κ2) is 3.20. The van der Waals surface area contributed by atoms with E-state index in [1.807, 2.05) is 18.2 Å². The lowest BCUT2D eigenvalue weighted by Gasteiger charge is -2.28. The van der Waals surface area contributed by atoms with Gasteiger partial charge in [-0.3, -0.25) is 0 Å². The summed E-state index contributed by atoms with van der Waals surface area (Å²) in [4.78, 5) is 0. The highest BCUT2D eigenvalue weighted by Crippen LogP contribution is 2.23. The van der Waals surface area contributed by atoms with Gasteiger partial charge in [0.2, 0.25) is 0 Å². The molecule has 13 heavy (non-hydrogen) atoms. The van der Waals surface area contributed by atoms with Crippen molar-refractivity contribution in [1.29, 1.82) is 5.26 Å². The first kappa shape index (κ1) is 8.28. The summed E-state index contributed by atoms with van der Waals surface area (Å²) < 4.78 is 0. The van der Waals surface area contributed by atoms with Gasteiger partial charge >= 0.3 is 0 Å². The summed E-state index contributed by atoms with van der Waals surface area (Å²) in [5, 5.41) is 12.0. The molecular formula is C11H12N2. The molecule has 0 saturated carbocycles. The third kappa shape index (κ3) is 1.43. The lowest BCUT2D eigenvalue weighted by atomic mass is 9.89. The van der Waals surface area contributed by atoms with Crippen molar-refractivity contribution in [1.82, 2.24) is 5.32 Å². The number of aryl methyl sites for hydroxylation is 1. The molecule has 0 bridgehead atoms. The Morgan fingerprint density at radius 3 is 2.77 bits per heavy atom. The normalized spacial score (nSPS) is 16.3. The first-order valence-electron chi connectivity index (χ1n) is 4.52. The molecule has 0 aromatic heterocycles. The summed E-state index contributed by atoms with van der Waals surface area (Å²) in [5.41, 5.74) is 3.40. The van der Waals surface area contributed by atoms with Crippen molar-refractivity contribution >= 4 is 0 Å². The van der Waals surface area contributed by atoms with Crippen LogP contribution in [0.2, 0.25) is 0 Å². The largest absolute Gasteiger partial charge is 0.315 e. The molecule has 1 N–H and O–H groups in total. The van der Waals surface area contributed by atoms with Crippen molar-refractivity contribution in [2.75, 3.05) is 13.1 Å². The van der Waals surface area contributed by atoms with Gasteiger partial charge in [0.1, 0.15) is 0 Å². The van der Waals surface area contributed by atoms with E-state index in [1.54, 1.807) is 0 Å². The number of nitriles is 1. The van der Waals surface area contributed by atoms with E-state index in [0.29, 0.717) is 5.92 Å². The van der Waals surface area contributed by atoms with Crippen LogP contribution >= 0.6 is 0 Å². The lowest BCUT2D eigenvalue weighted by Crippen LogP contribution is -2.40. The summed E-state index contributed by atoms with van der Waals surface area (Å²) >= 11 is 0. The van der Waals surface area contributed by atoms with Crippen LogP contribution in [0.5, 0.6) is 0 Å². The standard InChI is InChI=1S/C11H12N2/c1-8-2-3-9(5-12)4-11(8)10-6-13-7-10/h2-4,10,13H,6-7H2,1H3. The van der Waals surface area contributed by atoms with Crippen molar-refractivity contribution in [2.24, 2.45) is 0 Å². The molecule has 2 heteroatoms. The van der Waals surface area contributed by atoms with E-state index < -0.39 is 0 Å². The van der Waals surface area contributed by atoms with Crippen LogP contribution < -0.4 is 5.32 Å². The zero-order valence-electron chi connectivity index (χ0n) is 7.67. The highest BCUT2D eigenvalue weighted by molar-refractivity contribution is 5.40. The average molecular weight is 172 g/mol. The van der Waals surface area contributed by atoms with Crippen LogP contribution in [-0.2, 0) is 0 Å². The van der Waals surface area contributed by atoms with Gasteiger partial charge in [-0.05, 0) is 30.2 Å². The maximum atomic E-state index is 8.76. The Balaban J connectivity index is 2.37. The molecule has 0 radical (unpaired) electrons. The fourth-order valence-electron chi connectivity index (χ4n) is 1.66. The van der Waals surface area contributed by atoms with Crippen molar-refractivity contribution < 1.29 is 0 Å². The van der Waals surface area contributed by atoms with Crippen molar-refractivity contribution in [3.8, 4) is 6.07 Å². The van der Waals surface area contributed by atoms with E-state index in [9.17, 15) is 0 Å². The first-order chi connectivity index (χ1) is 6.31. The van der Waals surface area contributed by atoms with Crippen LogP contribution in [0, 0.1) is 18.3 Å². The molecule has 1 aromatic rings. The Morgan fingerprint density at radius 2 is 2.23 bits per heavy atom. The molecule has 0 atom stereocenters. The van der Waals surface area contributed by atoms with Crippen molar-refractivity contribution in [3.63, 3.8) is 0 Å². The zero-order chi connectivity index (χ0) is 9.26. The molecule has 1 fully saturated rings. The summed E-state index contributed by atoms with van der Waals surface area (Å²) in [6.45, 7) is 4.21. The van der Waals surface area contributed by atoms with Gasteiger partial charge in [0.25, 0.3) is 0 Å². The van der Waals surface area contributed by atoms with Crippen LogP contribution in [0.25, 0.3) is 0 Å². The summed E-state index contributed by atoms with van der Waals surface area (Å²) in [6.07, 6.45) is 0. The van der Waals surface area contributed by atoms with Gasteiger partial charge in [0, 0.05) is 19.0 Å². The summed E-state index contributed by atoms with van der Waals surface area (Å²) in [7, 11) is 0. The highest BCUT2D eigenvalue weighted by Gasteiger charge is 2.20. The molecule has 1 aliphatic rings. The Morgan fingerprint density at radius 1 is 1.46 bits per heavy atom. The topological polar surface area (TPSA) is 35.8 Å². The number of benzene rings is 1. The molecule has 0 unspecified atom stereocenters. The van der Waals surface area contributed by atoms with Crippen LogP contribution in [0.3, 0.4) is 0 Å². The van der Waals surface area contributed by atoms with E-state index in [1.165, 1.54) is 11.1 Å². The third-order valence-electron chi connectivity index (χ3n) is 2.63.